The van der Waals surface area contributed by atoms with E-state index < -0.39 is 33.1 Å². The van der Waals surface area contributed by atoms with E-state index in [2.05, 4.69) is 4.72 Å². The van der Waals surface area contributed by atoms with Gasteiger partial charge in [-0.3, -0.25) is 0 Å². The van der Waals surface area contributed by atoms with Crippen molar-refractivity contribution in [3.8, 4) is 0 Å². The normalized spacial score (nSPS) is 25.6. The van der Waals surface area contributed by atoms with Crippen molar-refractivity contribution >= 4 is 10.0 Å². The maximum Gasteiger partial charge on any atom is 0.416 e. The van der Waals surface area contributed by atoms with Crippen LogP contribution in [0.5, 0.6) is 0 Å². The smallest absolute Gasteiger partial charge is 0.329 e. The number of halogens is 3. The summed E-state index contributed by atoms with van der Waals surface area (Å²) in [5.74, 6) is -0.666. The molecule has 0 bridgehead atoms. The van der Waals surface area contributed by atoms with Crippen molar-refractivity contribution in [3.05, 3.63) is 35.4 Å². The van der Waals surface area contributed by atoms with E-state index in [0.29, 0.717) is 6.42 Å². The Morgan fingerprint density at radius 3 is 2.54 bits per heavy atom. The molecule has 0 amide bonds. The van der Waals surface area contributed by atoms with Crippen molar-refractivity contribution in [2.45, 2.75) is 50.1 Å². The fourth-order valence-electron chi connectivity index (χ4n) is 3.38. The maximum atomic E-state index is 13.1. The Balaban J connectivity index is 2.26. The van der Waals surface area contributed by atoms with Crippen LogP contribution in [0.3, 0.4) is 0 Å². The Labute approximate surface area is 140 Å². The SMILES string of the molecule is CC1CCCCC1(CN)NS(=O)(=O)Cc1ccccc1C(F)(F)F. The van der Waals surface area contributed by atoms with Crippen LogP contribution < -0.4 is 10.5 Å². The quantitative estimate of drug-likeness (QED) is 0.844. The summed E-state index contributed by atoms with van der Waals surface area (Å²) in [4.78, 5) is 0. The Hall–Kier alpha value is -1.12. The second-order valence-electron chi connectivity index (χ2n) is 6.52. The monoisotopic (exact) mass is 364 g/mol. The van der Waals surface area contributed by atoms with Crippen LogP contribution in [-0.2, 0) is 22.0 Å². The predicted molar refractivity (Wildman–Crippen MR) is 86.6 cm³/mol. The lowest BCUT2D eigenvalue weighted by Gasteiger charge is -2.42. The number of hydrogen-bond acceptors (Lipinski definition) is 3. The fraction of sp³-hybridized carbons (Fsp3) is 0.625. The molecule has 0 aliphatic heterocycles. The standard InChI is InChI=1S/C16H23F3N2O2S/c1-12-6-4-5-9-15(12,11-20)21-24(22,23)10-13-7-2-3-8-14(13)16(17,18)19/h2-3,7-8,12,21H,4-6,9-11,20H2,1H3. The van der Waals surface area contributed by atoms with Crippen molar-refractivity contribution in [2.75, 3.05) is 6.54 Å². The second-order valence-corrected chi connectivity index (χ2v) is 8.25. The average Bonchev–Trinajstić information content (AvgIpc) is 2.48. The molecule has 2 rings (SSSR count). The van der Waals surface area contributed by atoms with E-state index in [1.807, 2.05) is 6.92 Å². The van der Waals surface area contributed by atoms with Crippen molar-refractivity contribution in [1.29, 1.82) is 0 Å². The third-order valence-corrected chi connectivity index (χ3v) is 6.25. The predicted octanol–water partition coefficient (Wildman–Crippen LogP) is 3.03. The highest BCUT2D eigenvalue weighted by Gasteiger charge is 2.41. The highest BCUT2D eigenvalue weighted by Crippen LogP contribution is 2.35. The maximum absolute atomic E-state index is 13.1. The minimum absolute atomic E-state index is 0.0453. The van der Waals surface area contributed by atoms with E-state index >= 15 is 0 Å². The van der Waals surface area contributed by atoms with Crippen LogP contribution in [0, 0.1) is 5.92 Å². The largest absolute Gasteiger partial charge is 0.416 e. The number of nitrogens with one attached hydrogen (secondary N) is 1. The van der Waals surface area contributed by atoms with Gasteiger partial charge in [0, 0.05) is 12.1 Å². The molecular weight excluding hydrogens is 341 g/mol. The molecular formula is C16H23F3N2O2S. The summed E-state index contributed by atoms with van der Waals surface area (Å²) < 4.78 is 66.8. The number of hydrogen-bond donors (Lipinski definition) is 2. The van der Waals surface area contributed by atoms with E-state index in [-0.39, 0.29) is 18.0 Å². The Morgan fingerprint density at radius 2 is 1.96 bits per heavy atom. The molecule has 24 heavy (non-hydrogen) atoms. The van der Waals surface area contributed by atoms with Gasteiger partial charge in [-0.15, -0.1) is 0 Å². The molecule has 1 fully saturated rings. The topological polar surface area (TPSA) is 72.2 Å². The molecule has 0 saturated heterocycles. The Bertz CT molecular complexity index is 676. The van der Waals surface area contributed by atoms with Crippen LogP contribution in [0.4, 0.5) is 13.2 Å². The van der Waals surface area contributed by atoms with Gasteiger partial charge in [0.05, 0.1) is 11.3 Å². The highest BCUT2D eigenvalue weighted by atomic mass is 32.2. The van der Waals surface area contributed by atoms with Crippen LogP contribution in [0.25, 0.3) is 0 Å². The molecule has 1 saturated carbocycles. The number of rotatable bonds is 5. The molecule has 1 aliphatic rings. The van der Waals surface area contributed by atoms with Crippen LogP contribution >= 0.6 is 0 Å². The second kappa shape index (κ2) is 7.01. The first kappa shape index (κ1) is 19.2. The van der Waals surface area contributed by atoms with Gasteiger partial charge in [0.1, 0.15) is 0 Å². The van der Waals surface area contributed by atoms with E-state index in [1.54, 1.807) is 0 Å². The van der Waals surface area contributed by atoms with Gasteiger partial charge in [0.25, 0.3) is 0 Å². The van der Waals surface area contributed by atoms with E-state index in [4.69, 9.17) is 5.73 Å². The van der Waals surface area contributed by atoms with Gasteiger partial charge in [-0.25, -0.2) is 13.1 Å². The molecule has 1 aromatic rings. The lowest BCUT2D eigenvalue weighted by atomic mass is 9.74. The molecule has 3 N–H and O–H groups in total. The summed E-state index contributed by atoms with van der Waals surface area (Å²) in [5, 5.41) is 0. The molecule has 8 heteroatoms. The zero-order valence-electron chi connectivity index (χ0n) is 13.6. The minimum Gasteiger partial charge on any atom is -0.329 e. The van der Waals surface area contributed by atoms with Gasteiger partial charge in [-0.1, -0.05) is 38.0 Å². The average molecular weight is 364 g/mol. The van der Waals surface area contributed by atoms with Crippen molar-refractivity contribution < 1.29 is 21.6 Å². The molecule has 2 atom stereocenters. The summed E-state index contributed by atoms with van der Waals surface area (Å²) in [5.41, 5.74) is 3.87. The van der Waals surface area contributed by atoms with Gasteiger partial charge in [-0.05, 0) is 30.4 Å². The first-order valence-electron chi connectivity index (χ1n) is 7.96. The third-order valence-electron chi connectivity index (χ3n) is 4.84. The summed E-state index contributed by atoms with van der Waals surface area (Å²) in [6.45, 7) is 2.06. The van der Waals surface area contributed by atoms with Crippen molar-refractivity contribution in [3.63, 3.8) is 0 Å². The number of alkyl halides is 3. The Morgan fingerprint density at radius 1 is 1.29 bits per heavy atom. The van der Waals surface area contributed by atoms with Crippen LogP contribution in [0.1, 0.15) is 43.7 Å². The summed E-state index contributed by atoms with van der Waals surface area (Å²) in [7, 11) is -3.95. The molecule has 2 unspecified atom stereocenters. The lowest BCUT2D eigenvalue weighted by molar-refractivity contribution is -0.138. The van der Waals surface area contributed by atoms with Gasteiger partial charge in [0.15, 0.2) is 0 Å². The molecule has 4 nitrogen and oxygen atoms in total. The molecule has 0 radical (unpaired) electrons. The zero-order valence-corrected chi connectivity index (χ0v) is 14.4. The van der Waals surface area contributed by atoms with Crippen molar-refractivity contribution in [2.24, 2.45) is 11.7 Å². The summed E-state index contributed by atoms with van der Waals surface area (Å²) >= 11 is 0. The third kappa shape index (κ3) is 4.29. The van der Waals surface area contributed by atoms with Gasteiger partial charge >= 0.3 is 6.18 Å². The molecule has 1 aromatic carbocycles. The number of nitrogens with two attached hydrogens (primary N) is 1. The summed E-state index contributed by atoms with van der Waals surface area (Å²) in [6.07, 6.45) is -1.29. The molecule has 136 valence electrons. The van der Waals surface area contributed by atoms with Gasteiger partial charge in [0.2, 0.25) is 10.0 Å². The van der Waals surface area contributed by atoms with E-state index in [0.717, 1.165) is 25.3 Å². The van der Waals surface area contributed by atoms with Crippen LogP contribution in [0.15, 0.2) is 24.3 Å². The molecule has 0 heterocycles. The first-order chi connectivity index (χ1) is 11.1. The molecule has 0 spiro atoms. The fourth-order valence-corrected chi connectivity index (χ4v) is 5.12. The zero-order chi connectivity index (χ0) is 18.0. The number of benzene rings is 1. The Kier molecular flexibility index (Phi) is 5.61. The molecule has 1 aliphatic carbocycles. The summed E-state index contributed by atoms with van der Waals surface area (Å²) in [6, 6.07) is 4.74. The minimum atomic E-state index is -4.59. The first-order valence-corrected chi connectivity index (χ1v) is 9.62. The van der Waals surface area contributed by atoms with Crippen LogP contribution in [-0.4, -0.2) is 20.5 Å². The van der Waals surface area contributed by atoms with Crippen molar-refractivity contribution in [1.82, 2.24) is 4.72 Å². The molecule has 0 aromatic heterocycles. The highest BCUT2D eigenvalue weighted by molar-refractivity contribution is 7.88. The van der Waals surface area contributed by atoms with Gasteiger partial charge < -0.3 is 5.73 Å². The van der Waals surface area contributed by atoms with Crippen LogP contribution in [0.2, 0.25) is 0 Å². The van der Waals surface area contributed by atoms with E-state index in [1.165, 1.54) is 18.2 Å². The van der Waals surface area contributed by atoms with Gasteiger partial charge in [-0.2, -0.15) is 13.2 Å². The number of sulfonamides is 1. The van der Waals surface area contributed by atoms with E-state index in [9.17, 15) is 21.6 Å². The lowest BCUT2D eigenvalue weighted by Crippen LogP contribution is -2.59.